The lowest BCUT2D eigenvalue weighted by atomic mass is 9.93. The van der Waals surface area contributed by atoms with Gasteiger partial charge in [-0.15, -0.1) is 0 Å². The summed E-state index contributed by atoms with van der Waals surface area (Å²) >= 11 is 0. The molecule has 1 aliphatic heterocycles. The Labute approximate surface area is 156 Å². The summed E-state index contributed by atoms with van der Waals surface area (Å²) in [7, 11) is 0. The van der Waals surface area contributed by atoms with Crippen LogP contribution >= 0.6 is 0 Å². The second-order valence-electron chi connectivity index (χ2n) is 6.64. The Morgan fingerprint density at radius 2 is 1.96 bits per heavy atom. The molecule has 3 aromatic rings. The highest BCUT2D eigenvalue weighted by Gasteiger charge is 2.26. The maximum atomic E-state index is 12.9. The molecule has 0 atom stereocenters. The first-order chi connectivity index (χ1) is 13.1. The number of primary amides is 1. The van der Waals surface area contributed by atoms with E-state index in [-0.39, 0.29) is 17.5 Å². The van der Waals surface area contributed by atoms with Crippen LogP contribution in [0.5, 0.6) is 0 Å². The van der Waals surface area contributed by atoms with Crippen molar-refractivity contribution in [1.82, 2.24) is 24.9 Å². The van der Waals surface area contributed by atoms with Crippen LogP contribution in [0.3, 0.4) is 0 Å². The van der Waals surface area contributed by atoms with Gasteiger partial charge in [-0.1, -0.05) is 6.07 Å². The van der Waals surface area contributed by atoms with Crippen molar-refractivity contribution in [2.45, 2.75) is 18.8 Å². The van der Waals surface area contributed by atoms with Crippen molar-refractivity contribution >= 4 is 11.8 Å². The number of likely N-dealkylation sites (tertiary alicyclic amines) is 1. The van der Waals surface area contributed by atoms with E-state index in [4.69, 9.17) is 5.73 Å². The normalized spacial score (nSPS) is 15.0. The van der Waals surface area contributed by atoms with Crippen LogP contribution in [-0.4, -0.2) is 49.8 Å². The number of amides is 2. The van der Waals surface area contributed by atoms with Crippen molar-refractivity contribution < 1.29 is 9.59 Å². The molecule has 27 heavy (non-hydrogen) atoms. The van der Waals surface area contributed by atoms with Crippen LogP contribution in [0, 0.1) is 0 Å². The minimum Gasteiger partial charge on any atom is -0.364 e. The van der Waals surface area contributed by atoms with E-state index in [1.54, 1.807) is 16.9 Å². The smallest absolute Gasteiger partial charge is 0.269 e. The van der Waals surface area contributed by atoms with Crippen molar-refractivity contribution in [2.75, 3.05) is 13.1 Å². The summed E-state index contributed by atoms with van der Waals surface area (Å²) in [5.74, 6) is -0.280. The molecular formula is C19H20N6O2. The summed E-state index contributed by atoms with van der Waals surface area (Å²) in [5.41, 5.74) is 7.91. The fourth-order valence-electron chi connectivity index (χ4n) is 3.45. The number of nitrogens with one attached hydrogen (secondary N) is 1. The zero-order valence-corrected chi connectivity index (χ0v) is 14.7. The number of carbonyl (C=O) groups excluding carboxylic acids is 2. The molecule has 1 aromatic carbocycles. The van der Waals surface area contributed by atoms with E-state index in [2.05, 4.69) is 15.3 Å². The van der Waals surface area contributed by atoms with Gasteiger partial charge >= 0.3 is 0 Å². The predicted molar refractivity (Wildman–Crippen MR) is 98.5 cm³/mol. The minimum atomic E-state index is -0.540. The molecule has 3 heterocycles. The molecule has 1 saturated heterocycles. The average Bonchev–Trinajstić information content (AvgIpc) is 3.40. The number of hydrogen-bond donors (Lipinski definition) is 2. The number of H-pyrrole nitrogens is 1. The monoisotopic (exact) mass is 364 g/mol. The number of nitrogens with two attached hydrogens (primary N) is 1. The number of aromatic amines is 1. The largest absolute Gasteiger partial charge is 0.364 e. The minimum absolute atomic E-state index is 0.0184. The van der Waals surface area contributed by atoms with Crippen molar-refractivity contribution in [2.24, 2.45) is 5.73 Å². The molecule has 1 aliphatic rings. The quantitative estimate of drug-likeness (QED) is 0.734. The van der Waals surface area contributed by atoms with Gasteiger partial charge in [-0.2, -0.15) is 10.2 Å². The van der Waals surface area contributed by atoms with Crippen LogP contribution in [0.4, 0.5) is 0 Å². The number of nitrogens with zero attached hydrogens (tertiary/aromatic N) is 4. The third-order valence-corrected chi connectivity index (χ3v) is 4.93. The summed E-state index contributed by atoms with van der Waals surface area (Å²) in [6, 6.07) is 11.0. The molecule has 0 aliphatic carbocycles. The van der Waals surface area contributed by atoms with E-state index in [0.29, 0.717) is 18.7 Å². The van der Waals surface area contributed by atoms with Crippen molar-refractivity contribution in [3.8, 4) is 5.69 Å². The number of hydrogen-bond acceptors (Lipinski definition) is 4. The van der Waals surface area contributed by atoms with E-state index < -0.39 is 5.91 Å². The lowest BCUT2D eigenvalue weighted by molar-refractivity contribution is 0.0712. The number of benzene rings is 1. The number of rotatable bonds is 4. The van der Waals surface area contributed by atoms with Gasteiger partial charge in [0, 0.05) is 42.7 Å². The lowest BCUT2D eigenvalue weighted by Crippen LogP contribution is -2.38. The first-order valence-electron chi connectivity index (χ1n) is 8.86. The molecule has 0 saturated carbocycles. The number of carbonyl (C=O) groups is 2. The molecular weight excluding hydrogens is 344 g/mol. The van der Waals surface area contributed by atoms with Crippen LogP contribution in [0.2, 0.25) is 0 Å². The molecule has 0 spiro atoms. The van der Waals surface area contributed by atoms with Gasteiger partial charge in [0.25, 0.3) is 11.8 Å². The van der Waals surface area contributed by atoms with Crippen LogP contribution < -0.4 is 5.73 Å². The van der Waals surface area contributed by atoms with Gasteiger partial charge in [0.15, 0.2) is 0 Å². The Balaban J connectivity index is 1.43. The summed E-state index contributed by atoms with van der Waals surface area (Å²) in [6.07, 6.45) is 5.17. The summed E-state index contributed by atoms with van der Waals surface area (Å²) in [6.45, 7) is 1.31. The third kappa shape index (κ3) is 3.46. The third-order valence-electron chi connectivity index (χ3n) is 4.93. The van der Waals surface area contributed by atoms with E-state index in [9.17, 15) is 9.59 Å². The highest BCUT2D eigenvalue weighted by molar-refractivity contribution is 5.94. The molecule has 4 rings (SSSR count). The maximum Gasteiger partial charge on any atom is 0.269 e. The summed E-state index contributed by atoms with van der Waals surface area (Å²) in [5, 5.41) is 11.0. The van der Waals surface area contributed by atoms with Gasteiger partial charge in [-0.05, 0) is 43.2 Å². The van der Waals surface area contributed by atoms with Gasteiger partial charge in [0.2, 0.25) is 0 Å². The Morgan fingerprint density at radius 3 is 2.63 bits per heavy atom. The molecule has 2 aromatic heterocycles. The van der Waals surface area contributed by atoms with Gasteiger partial charge < -0.3 is 10.6 Å². The van der Waals surface area contributed by atoms with Crippen molar-refractivity contribution in [3.63, 3.8) is 0 Å². The van der Waals surface area contributed by atoms with Gasteiger partial charge in [-0.3, -0.25) is 14.7 Å². The second-order valence-corrected chi connectivity index (χ2v) is 6.64. The SMILES string of the molecule is NC(=O)c1cc(C2CCN(C(=O)c3cccc(-n4cccn4)c3)CC2)[nH]n1. The van der Waals surface area contributed by atoms with Gasteiger partial charge in [-0.25, -0.2) is 4.68 Å². The lowest BCUT2D eigenvalue weighted by Gasteiger charge is -2.31. The molecule has 2 amide bonds. The highest BCUT2D eigenvalue weighted by Crippen LogP contribution is 2.28. The van der Waals surface area contributed by atoms with Crippen molar-refractivity contribution in [1.29, 1.82) is 0 Å². The van der Waals surface area contributed by atoms with E-state index in [1.807, 2.05) is 41.4 Å². The summed E-state index contributed by atoms with van der Waals surface area (Å²) in [4.78, 5) is 25.9. The second kappa shape index (κ2) is 7.06. The zero-order chi connectivity index (χ0) is 18.8. The van der Waals surface area contributed by atoms with E-state index in [1.165, 1.54) is 0 Å². The average molecular weight is 364 g/mol. The van der Waals surface area contributed by atoms with Crippen molar-refractivity contribution in [3.05, 3.63) is 65.7 Å². The fourth-order valence-corrected chi connectivity index (χ4v) is 3.45. The Morgan fingerprint density at radius 1 is 1.15 bits per heavy atom. The van der Waals surface area contributed by atoms with E-state index >= 15 is 0 Å². The number of aromatic nitrogens is 4. The van der Waals surface area contributed by atoms with Gasteiger partial charge in [0.05, 0.1) is 5.69 Å². The summed E-state index contributed by atoms with van der Waals surface area (Å²) < 4.78 is 1.73. The predicted octanol–water partition coefficient (Wildman–Crippen LogP) is 1.71. The zero-order valence-electron chi connectivity index (χ0n) is 14.7. The topological polar surface area (TPSA) is 110 Å². The standard InChI is InChI=1S/C19H20N6O2/c20-18(26)17-12-16(22-23-17)13-5-9-24(10-6-13)19(27)14-3-1-4-15(11-14)25-8-2-7-21-25/h1-4,7-8,11-13H,5-6,9-10H2,(H2,20,26)(H,22,23). The fraction of sp³-hybridized carbons (Fsp3) is 0.263. The Bertz CT molecular complexity index is 954. The molecule has 0 radical (unpaired) electrons. The molecule has 8 heteroatoms. The molecule has 0 bridgehead atoms. The van der Waals surface area contributed by atoms with Crippen LogP contribution in [0.25, 0.3) is 5.69 Å². The molecule has 1 fully saturated rings. The first kappa shape index (κ1) is 17.0. The molecule has 138 valence electrons. The first-order valence-corrected chi connectivity index (χ1v) is 8.86. The molecule has 3 N–H and O–H groups in total. The molecule has 0 unspecified atom stereocenters. The Kier molecular flexibility index (Phi) is 4.45. The highest BCUT2D eigenvalue weighted by atomic mass is 16.2. The van der Waals surface area contributed by atoms with Crippen LogP contribution in [0.15, 0.2) is 48.8 Å². The van der Waals surface area contributed by atoms with Crippen LogP contribution in [0.1, 0.15) is 45.3 Å². The number of piperidine rings is 1. The van der Waals surface area contributed by atoms with Gasteiger partial charge in [0.1, 0.15) is 5.69 Å². The van der Waals surface area contributed by atoms with E-state index in [0.717, 1.165) is 24.2 Å². The van der Waals surface area contributed by atoms with Crippen LogP contribution in [-0.2, 0) is 0 Å². The Hall–Kier alpha value is -3.42. The maximum absolute atomic E-state index is 12.9. The molecule has 8 nitrogen and oxygen atoms in total.